The number of carbonyl (C=O) groups is 1. The molecule has 19 heavy (non-hydrogen) atoms. The van der Waals surface area contributed by atoms with Gasteiger partial charge in [-0.05, 0) is 43.9 Å². The Kier molecular flexibility index (Phi) is 4.63. The number of aromatic carboxylic acids is 1. The van der Waals surface area contributed by atoms with E-state index in [0.717, 1.165) is 6.61 Å². The lowest BCUT2D eigenvalue weighted by molar-refractivity contribution is 0.00839. The zero-order valence-electron chi connectivity index (χ0n) is 10.9. The topological polar surface area (TPSA) is 65.0 Å². The zero-order chi connectivity index (χ0) is 13.7. The van der Waals surface area contributed by atoms with Gasteiger partial charge in [0, 0.05) is 0 Å². The minimum absolute atomic E-state index is 0.156. The fraction of sp³-hybridized carbons (Fsp3) is 0.500. The van der Waals surface area contributed by atoms with Crippen LogP contribution in [0, 0.1) is 5.92 Å². The maximum Gasteiger partial charge on any atom is 0.335 e. The van der Waals surface area contributed by atoms with Gasteiger partial charge in [0.15, 0.2) is 18.3 Å². The van der Waals surface area contributed by atoms with Crippen LogP contribution in [0.15, 0.2) is 18.2 Å². The van der Waals surface area contributed by atoms with Crippen molar-refractivity contribution in [2.75, 3.05) is 20.0 Å². The van der Waals surface area contributed by atoms with Crippen LogP contribution in [0.5, 0.6) is 11.5 Å². The van der Waals surface area contributed by atoms with Gasteiger partial charge < -0.3 is 19.3 Å². The highest BCUT2D eigenvalue weighted by Gasteiger charge is 2.21. The van der Waals surface area contributed by atoms with Crippen LogP contribution in [0.3, 0.4) is 0 Å². The molecule has 2 rings (SSSR count). The van der Waals surface area contributed by atoms with Gasteiger partial charge in [-0.15, -0.1) is 0 Å². The fourth-order valence-corrected chi connectivity index (χ4v) is 1.63. The van der Waals surface area contributed by atoms with Crippen LogP contribution in [0.2, 0.25) is 0 Å². The summed E-state index contributed by atoms with van der Waals surface area (Å²) in [5.41, 5.74) is 0.176. The number of ether oxygens (including phenoxy) is 3. The first-order chi connectivity index (χ1) is 9.20. The Morgan fingerprint density at radius 2 is 2.11 bits per heavy atom. The summed E-state index contributed by atoms with van der Waals surface area (Å²) in [6.45, 7) is 3.16. The minimum atomic E-state index is -0.988. The summed E-state index contributed by atoms with van der Waals surface area (Å²) in [4.78, 5) is 10.9. The van der Waals surface area contributed by atoms with Crippen molar-refractivity contribution in [1.29, 1.82) is 0 Å². The molecule has 0 aromatic heterocycles. The first-order valence-corrected chi connectivity index (χ1v) is 6.41. The highest BCUT2D eigenvalue weighted by Crippen LogP contribution is 2.30. The van der Waals surface area contributed by atoms with Crippen molar-refractivity contribution in [1.82, 2.24) is 0 Å². The fourth-order valence-electron chi connectivity index (χ4n) is 1.63. The third kappa shape index (κ3) is 4.13. The quantitative estimate of drug-likeness (QED) is 0.578. The predicted octanol–water partition coefficient (Wildman–Crippen LogP) is 2.55. The summed E-state index contributed by atoms with van der Waals surface area (Å²) in [6.07, 6.45) is 2.47. The third-order valence-electron chi connectivity index (χ3n) is 2.84. The van der Waals surface area contributed by atoms with Gasteiger partial charge in [0.2, 0.25) is 0 Å². The molecule has 1 saturated carbocycles. The van der Waals surface area contributed by atoms with Crippen LogP contribution in [0.4, 0.5) is 0 Å². The summed E-state index contributed by atoms with van der Waals surface area (Å²) in [5, 5.41) is 8.93. The largest absolute Gasteiger partial charge is 0.490 e. The van der Waals surface area contributed by atoms with Gasteiger partial charge in [-0.3, -0.25) is 0 Å². The third-order valence-corrected chi connectivity index (χ3v) is 2.84. The standard InChI is InChI=1S/C14H18O5/c1-2-18-13-7-11(14(15)16)5-6-12(13)19-9-17-8-10-3-4-10/h5-7,10H,2-4,8-9H2,1H3,(H,15,16). The van der Waals surface area contributed by atoms with E-state index < -0.39 is 5.97 Å². The maximum atomic E-state index is 10.9. The molecule has 0 spiro atoms. The van der Waals surface area contributed by atoms with Crippen molar-refractivity contribution < 1.29 is 24.1 Å². The minimum Gasteiger partial charge on any atom is -0.490 e. The van der Waals surface area contributed by atoms with E-state index in [1.165, 1.54) is 25.0 Å². The van der Waals surface area contributed by atoms with Gasteiger partial charge in [0.05, 0.1) is 18.8 Å². The zero-order valence-corrected chi connectivity index (χ0v) is 10.9. The van der Waals surface area contributed by atoms with Crippen molar-refractivity contribution in [3.05, 3.63) is 23.8 Å². The lowest BCUT2D eigenvalue weighted by atomic mass is 10.2. The van der Waals surface area contributed by atoms with E-state index in [4.69, 9.17) is 19.3 Å². The van der Waals surface area contributed by atoms with Crippen LogP contribution in [-0.4, -0.2) is 31.1 Å². The number of rotatable bonds is 8. The van der Waals surface area contributed by atoms with Crippen molar-refractivity contribution in [2.24, 2.45) is 5.92 Å². The van der Waals surface area contributed by atoms with Crippen LogP contribution in [0.1, 0.15) is 30.1 Å². The molecule has 1 aliphatic carbocycles. The maximum absolute atomic E-state index is 10.9. The number of hydrogen-bond acceptors (Lipinski definition) is 4. The number of benzene rings is 1. The highest BCUT2D eigenvalue weighted by atomic mass is 16.7. The van der Waals surface area contributed by atoms with Crippen molar-refractivity contribution in [2.45, 2.75) is 19.8 Å². The Morgan fingerprint density at radius 3 is 2.74 bits per heavy atom. The molecule has 0 unspecified atom stereocenters. The molecule has 0 radical (unpaired) electrons. The van der Waals surface area contributed by atoms with E-state index in [1.807, 2.05) is 6.92 Å². The molecular weight excluding hydrogens is 248 g/mol. The van der Waals surface area contributed by atoms with Crippen LogP contribution in [0.25, 0.3) is 0 Å². The van der Waals surface area contributed by atoms with Crippen LogP contribution in [-0.2, 0) is 4.74 Å². The van der Waals surface area contributed by atoms with Crippen molar-refractivity contribution in [3.8, 4) is 11.5 Å². The van der Waals surface area contributed by atoms with Gasteiger partial charge in [-0.2, -0.15) is 0 Å². The summed E-state index contributed by atoms with van der Waals surface area (Å²) < 4.78 is 16.2. The Labute approximate surface area is 112 Å². The van der Waals surface area contributed by atoms with Gasteiger partial charge in [0.25, 0.3) is 0 Å². The molecule has 5 nitrogen and oxygen atoms in total. The number of carboxylic acid groups (broad SMARTS) is 1. The van der Waals surface area contributed by atoms with Gasteiger partial charge >= 0.3 is 5.97 Å². The Bertz CT molecular complexity index is 439. The van der Waals surface area contributed by atoms with E-state index in [0.29, 0.717) is 24.0 Å². The molecule has 1 N–H and O–H groups in total. The van der Waals surface area contributed by atoms with Gasteiger partial charge in [0.1, 0.15) is 0 Å². The number of carboxylic acids is 1. The van der Waals surface area contributed by atoms with E-state index in [1.54, 1.807) is 6.07 Å². The molecule has 1 aromatic rings. The average Bonchev–Trinajstić information content (AvgIpc) is 3.20. The Hall–Kier alpha value is -1.75. The van der Waals surface area contributed by atoms with Crippen LogP contribution >= 0.6 is 0 Å². The van der Waals surface area contributed by atoms with E-state index in [9.17, 15) is 4.79 Å². The highest BCUT2D eigenvalue weighted by molar-refractivity contribution is 5.88. The van der Waals surface area contributed by atoms with E-state index in [2.05, 4.69) is 0 Å². The van der Waals surface area contributed by atoms with Crippen molar-refractivity contribution in [3.63, 3.8) is 0 Å². The summed E-state index contributed by atoms with van der Waals surface area (Å²) in [5.74, 6) is 0.627. The molecule has 1 aromatic carbocycles. The summed E-state index contributed by atoms with van der Waals surface area (Å²) in [6, 6.07) is 4.54. The number of hydrogen-bond donors (Lipinski definition) is 1. The molecule has 104 valence electrons. The molecule has 0 saturated heterocycles. The smallest absolute Gasteiger partial charge is 0.335 e. The van der Waals surface area contributed by atoms with E-state index >= 15 is 0 Å². The normalized spacial score (nSPS) is 14.2. The molecule has 0 amide bonds. The average molecular weight is 266 g/mol. The molecule has 0 aliphatic heterocycles. The molecule has 5 heteroatoms. The summed E-state index contributed by atoms with van der Waals surface area (Å²) in [7, 11) is 0. The lowest BCUT2D eigenvalue weighted by Gasteiger charge is -2.12. The Balaban J connectivity index is 1.94. The SMILES string of the molecule is CCOc1cc(C(=O)O)ccc1OCOCC1CC1. The Morgan fingerprint density at radius 1 is 1.32 bits per heavy atom. The second kappa shape index (κ2) is 6.43. The second-order valence-corrected chi connectivity index (χ2v) is 4.48. The molecule has 1 fully saturated rings. The molecular formula is C14H18O5. The molecule has 0 heterocycles. The van der Waals surface area contributed by atoms with Gasteiger partial charge in [-0.25, -0.2) is 4.79 Å². The lowest BCUT2D eigenvalue weighted by Crippen LogP contribution is -2.07. The molecule has 0 atom stereocenters. The van der Waals surface area contributed by atoms with Crippen molar-refractivity contribution >= 4 is 5.97 Å². The first kappa shape index (κ1) is 13.7. The monoisotopic (exact) mass is 266 g/mol. The second-order valence-electron chi connectivity index (χ2n) is 4.48. The molecule has 1 aliphatic rings. The summed E-state index contributed by atoms with van der Waals surface area (Å²) >= 11 is 0. The first-order valence-electron chi connectivity index (χ1n) is 6.41. The predicted molar refractivity (Wildman–Crippen MR) is 68.7 cm³/mol. The molecule has 0 bridgehead atoms. The van der Waals surface area contributed by atoms with Gasteiger partial charge in [-0.1, -0.05) is 0 Å². The van der Waals surface area contributed by atoms with E-state index in [-0.39, 0.29) is 12.4 Å². The van der Waals surface area contributed by atoms with Crippen LogP contribution < -0.4 is 9.47 Å².